The molecule has 0 aliphatic carbocycles. The number of hydrogen-bond donors (Lipinski definition) is 1. The molecule has 1 heterocycles. The maximum atomic E-state index is 12.1. The van der Waals surface area contributed by atoms with Crippen molar-refractivity contribution in [3.05, 3.63) is 29.8 Å². The molecule has 1 aliphatic rings. The van der Waals surface area contributed by atoms with Gasteiger partial charge in [-0.05, 0) is 36.8 Å². The quantitative estimate of drug-likeness (QED) is 0.668. The van der Waals surface area contributed by atoms with Gasteiger partial charge >= 0.3 is 0 Å². The molecule has 4 heteroatoms. The molecule has 0 saturated heterocycles. The molecule has 0 fully saturated rings. The van der Waals surface area contributed by atoms with Gasteiger partial charge in [-0.1, -0.05) is 39.0 Å². The van der Waals surface area contributed by atoms with Crippen LogP contribution in [0.4, 0.5) is 5.69 Å². The summed E-state index contributed by atoms with van der Waals surface area (Å²) in [4.78, 5) is 14.2. The van der Waals surface area contributed by atoms with Gasteiger partial charge in [0.15, 0.2) is 0 Å². The number of amides is 1. The van der Waals surface area contributed by atoms with Gasteiger partial charge in [-0.3, -0.25) is 4.79 Å². The second kappa shape index (κ2) is 7.25. The number of nitrogens with one attached hydrogen (secondary N) is 1. The van der Waals surface area contributed by atoms with Gasteiger partial charge in [0.2, 0.25) is 0 Å². The first-order valence-corrected chi connectivity index (χ1v) is 7.80. The number of fused-ring (bicyclic) bond motifs is 1. The molecule has 1 aromatic carbocycles. The summed E-state index contributed by atoms with van der Waals surface area (Å²) < 4.78 is 0. The van der Waals surface area contributed by atoms with Gasteiger partial charge in [-0.25, -0.2) is 5.43 Å². The first-order chi connectivity index (χ1) is 10.1. The van der Waals surface area contributed by atoms with Crippen molar-refractivity contribution in [2.45, 2.75) is 40.0 Å². The van der Waals surface area contributed by atoms with Crippen LogP contribution in [0.1, 0.15) is 39.2 Å². The Morgan fingerprint density at radius 3 is 2.86 bits per heavy atom. The fraction of sp³-hybridized carbons (Fsp3) is 0.529. The Labute approximate surface area is 127 Å². The first kappa shape index (κ1) is 15.5. The molecule has 1 aromatic rings. The highest BCUT2D eigenvalue weighted by Gasteiger charge is 2.18. The highest BCUT2D eigenvalue weighted by molar-refractivity contribution is 5.88. The van der Waals surface area contributed by atoms with Crippen molar-refractivity contribution in [1.82, 2.24) is 5.43 Å². The lowest BCUT2D eigenvalue weighted by molar-refractivity contribution is -0.119. The summed E-state index contributed by atoms with van der Waals surface area (Å²) in [7, 11) is 0. The maximum absolute atomic E-state index is 12.1. The van der Waals surface area contributed by atoms with Crippen molar-refractivity contribution in [3.63, 3.8) is 0 Å². The summed E-state index contributed by atoms with van der Waals surface area (Å²) in [6, 6.07) is 8.33. The van der Waals surface area contributed by atoms with Crippen molar-refractivity contribution in [2.75, 3.05) is 18.0 Å². The predicted octanol–water partition coefficient (Wildman–Crippen LogP) is 2.98. The maximum Gasteiger partial charge on any atom is 0.259 e. The van der Waals surface area contributed by atoms with Gasteiger partial charge in [0.25, 0.3) is 5.91 Å². The van der Waals surface area contributed by atoms with E-state index in [1.165, 1.54) is 11.3 Å². The van der Waals surface area contributed by atoms with Gasteiger partial charge in [0.1, 0.15) is 0 Å². The van der Waals surface area contributed by atoms with Crippen molar-refractivity contribution >= 4 is 17.3 Å². The topological polar surface area (TPSA) is 44.7 Å². The van der Waals surface area contributed by atoms with Gasteiger partial charge in [-0.2, -0.15) is 5.10 Å². The minimum atomic E-state index is -0.0432. The lowest BCUT2D eigenvalue weighted by Crippen LogP contribution is -2.38. The molecule has 1 aliphatic heterocycles. The normalized spacial score (nSPS) is 15.0. The Morgan fingerprint density at radius 1 is 1.38 bits per heavy atom. The van der Waals surface area contributed by atoms with Crippen LogP contribution in [-0.2, 0) is 11.2 Å². The summed E-state index contributed by atoms with van der Waals surface area (Å²) in [5, 5.41) is 4.25. The Bertz CT molecular complexity index is 523. The number of rotatable bonds is 5. The van der Waals surface area contributed by atoms with E-state index in [9.17, 15) is 4.79 Å². The number of hydrogen-bond acceptors (Lipinski definition) is 3. The highest BCUT2D eigenvalue weighted by Crippen LogP contribution is 2.26. The predicted molar refractivity (Wildman–Crippen MR) is 87.7 cm³/mol. The smallest absolute Gasteiger partial charge is 0.259 e. The molecule has 0 aromatic heterocycles. The lowest BCUT2D eigenvalue weighted by Gasteiger charge is -2.30. The average molecular weight is 287 g/mol. The molecule has 0 bridgehead atoms. The lowest BCUT2D eigenvalue weighted by atomic mass is 10.0. The number of anilines is 1. The molecule has 0 atom stereocenters. The first-order valence-electron chi connectivity index (χ1n) is 7.80. The highest BCUT2D eigenvalue weighted by atomic mass is 16.2. The number of carbonyl (C=O) groups excluding carboxylic acids is 1. The van der Waals surface area contributed by atoms with Crippen LogP contribution in [0.2, 0.25) is 0 Å². The molecule has 0 unspecified atom stereocenters. The van der Waals surface area contributed by atoms with Crippen molar-refractivity contribution < 1.29 is 4.79 Å². The fourth-order valence-corrected chi connectivity index (χ4v) is 2.74. The third kappa shape index (κ3) is 4.06. The van der Waals surface area contributed by atoms with Crippen molar-refractivity contribution in [3.8, 4) is 0 Å². The van der Waals surface area contributed by atoms with E-state index in [-0.39, 0.29) is 5.91 Å². The zero-order chi connectivity index (χ0) is 15.2. The fourth-order valence-electron chi connectivity index (χ4n) is 2.74. The zero-order valence-corrected chi connectivity index (χ0v) is 13.2. The molecule has 2 rings (SSSR count). The Morgan fingerprint density at radius 2 is 2.14 bits per heavy atom. The summed E-state index contributed by atoms with van der Waals surface area (Å²) >= 11 is 0. The van der Waals surface area contributed by atoms with Gasteiger partial charge in [-0.15, -0.1) is 0 Å². The van der Waals surface area contributed by atoms with E-state index in [0.717, 1.165) is 31.5 Å². The van der Waals surface area contributed by atoms with Crippen molar-refractivity contribution in [2.24, 2.45) is 11.0 Å². The van der Waals surface area contributed by atoms with Gasteiger partial charge < -0.3 is 4.90 Å². The Hall–Kier alpha value is -1.84. The number of para-hydroxylation sites is 1. The Balaban J connectivity index is 1.98. The van der Waals surface area contributed by atoms with Crippen LogP contribution < -0.4 is 10.3 Å². The minimum absolute atomic E-state index is 0.0432. The van der Waals surface area contributed by atoms with E-state index in [0.29, 0.717) is 12.5 Å². The average Bonchev–Trinajstić information content (AvgIpc) is 2.48. The summed E-state index contributed by atoms with van der Waals surface area (Å²) in [6.45, 7) is 7.55. The van der Waals surface area contributed by atoms with E-state index in [2.05, 4.69) is 54.4 Å². The SMILES string of the molecule is CC/C(=N/NC(=O)CN1CCCc2ccccc21)C(C)C. The molecular weight excluding hydrogens is 262 g/mol. The van der Waals surface area contributed by atoms with Crippen molar-refractivity contribution in [1.29, 1.82) is 0 Å². The van der Waals surface area contributed by atoms with E-state index in [1.54, 1.807) is 0 Å². The van der Waals surface area contributed by atoms with Crippen LogP contribution in [0.5, 0.6) is 0 Å². The van der Waals surface area contributed by atoms with Crippen LogP contribution in [0.3, 0.4) is 0 Å². The number of nitrogens with zero attached hydrogens (tertiary/aromatic N) is 2. The van der Waals surface area contributed by atoms with E-state index >= 15 is 0 Å². The summed E-state index contributed by atoms with van der Waals surface area (Å²) in [5.74, 6) is 0.323. The molecule has 0 spiro atoms. The number of hydrazone groups is 1. The van der Waals surface area contributed by atoms with E-state index < -0.39 is 0 Å². The van der Waals surface area contributed by atoms with Crippen LogP contribution in [0.15, 0.2) is 29.4 Å². The number of carbonyl (C=O) groups is 1. The van der Waals surface area contributed by atoms with Crippen LogP contribution in [0, 0.1) is 5.92 Å². The molecule has 1 amide bonds. The second-order valence-corrected chi connectivity index (χ2v) is 5.80. The number of aryl methyl sites for hydroxylation is 1. The molecule has 0 saturated carbocycles. The molecule has 4 nitrogen and oxygen atoms in total. The Kier molecular flexibility index (Phi) is 5.37. The molecule has 21 heavy (non-hydrogen) atoms. The van der Waals surface area contributed by atoms with Crippen LogP contribution in [-0.4, -0.2) is 24.7 Å². The molecule has 0 radical (unpaired) electrons. The molecule has 1 N–H and O–H groups in total. The van der Waals surface area contributed by atoms with E-state index in [4.69, 9.17) is 0 Å². The third-order valence-electron chi connectivity index (χ3n) is 3.89. The van der Waals surface area contributed by atoms with E-state index in [1.807, 2.05) is 6.07 Å². The zero-order valence-electron chi connectivity index (χ0n) is 13.2. The van der Waals surface area contributed by atoms with Gasteiger partial charge in [0.05, 0.1) is 6.54 Å². The molecule has 114 valence electrons. The monoisotopic (exact) mass is 287 g/mol. The summed E-state index contributed by atoms with van der Waals surface area (Å²) in [5.41, 5.74) is 6.24. The largest absolute Gasteiger partial charge is 0.362 e. The third-order valence-corrected chi connectivity index (χ3v) is 3.89. The standard InChI is InChI=1S/C17H25N3O/c1-4-15(13(2)3)18-19-17(21)12-20-11-7-9-14-8-5-6-10-16(14)20/h5-6,8,10,13H,4,7,9,11-12H2,1-3H3,(H,19,21)/b18-15-. The molecular formula is C17H25N3O. The summed E-state index contributed by atoms with van der Waals surface area (Å²) in [6.07, 6.45) is 3.06. The minimum Gasteiger partial charge on any atom is -0.362 e. The van der Waals surface area contributed by atoms with Crippen LogP contribution >= 0.6 is 0 Å². The second-order valence-electron chi connectivity index (χ2n) is 5.80. The van der Waals surface area contributed by atoms with Gasteiger partial charge in [0, 0.05) is 17.9 Å². The van der Waals surface area contributed by atoms with Crippen LogP contribution in [0.25, 0.3) is 0 Å². The number of benzene rings is 1.